The predicted molar refractivity (Wildman–Crippen MR) is 68.8 cm³/mol. The van der Waals surface area contributed by atoms with Gasteiger partial charge in [0.25, 0.3) is 0 Å². The van der Waals surface area contributed by atoms with Crippen LogP contribution in [-0.4, -0.2) is 39.5 Å². The molecule has 0 aliphatic heterocycles. The Morgan fingerprint density at radius 1 is 1.00 bits per heavy atom. The molecule has 0 saturated carbocycles. The van der Waals surface area contributed by atoms with Crippen molar-refractivity contribution in [3.8, 4) is 0 Å². The topological polar surface area (TPSA) is 30.5 Å². The van der Waals surface area contributed by atoms with Gasteiger partial charge in [0.05, 0.1) is 13.2 Å². The second-order valence-corrected chi connectivity index (χ2v) is 4.79. The quantitative estimate of drug-likeness (QED) is 0.554. The third-order valence-corrected chi connectivity index (χ3v) is 2.57. The molecule has 1 unspecified atom stereocenters. The van der Waals surface area contributed by atoms with Crippen molar-refractivity contribution < 1.29 is 9.47 Å². The second kappa shape index (κ2) is 11.4. The van der Waals surface area contributed by atoms with E-state index >= 15 is 0 Å². The molecular weight excluding hydrogens is 202 g/mol. The predicted octanol–water partition coefficient (Wildman–Crippen LogP) is 2.45. The van der Waals surface area contributed by atoms with Gasteiger partial charge in [-0.15, -0.1) is 0 Å². The third kappa shape index (κ3) is 12.0. The largest absolute Gasteiger partial charge is 0.382 e. The van der Waals surface area contributed by atoms with Gasteiger partial charge < -0.3 is 14.8 Å². The SMILES string of the molecule is COCCOCCCNC(C)CCC(C)C. The molecule has 0 radical (unpaired) electrons. The maximum atomic E-state index is 5.39. The fourth-order valence-electron chi connectivity index (χ4n) is 1.45. The molecular formula is C13H29NO2. The van der Waals surface area contributed by atoms with Crippen LogP contribution in [0.5, 0.6) is 0 Å². The van der Waals surface area contributed by atoms with E-state index in [1.54, 1.807) is 7.11 Å². The molecule has 0 bridgehead atoms. The molecule has 0 aliphatic rings. The summed E-state index contributed by atoms with van der Waals surface area (Å²) in [6.07, 6.45) is 3.65. The van der Waals surface area contributed by atoms with E-state index in [1.807, 2.05) is 0 Å². The summed E-state index contributed by atoms with van der Waals surface area (Å²) in [6, 6.07) is 0.626. The van der Waals surface area contributed by atoms with Crippen LogP contribution in [0.25, 0.3) is 0 Å². The van der Waals surface area contributed by atoms with Crippen LogP contribution in [0.1, 0.15) is 40.0 Å². The summed E-state index contributed by atoms with van der Waals surface area (Å²) in [7, 11) is 1.70. The maximum absolute atomic E-state index is 5.39. The first-order valence-electron chi connectivity index (χ1n) is 6.47. The van der Waals surface area contributed by atoms with E-state index in [0.29, 0.717) is 19.3 Å². The summed E-state index contributed by atoms with van der Waals surface area (Å²) >= 11 is 0. The number of rotatable bonds is 11. The normalized spacial score (nSPS) is 13.3. The van der Waals surface area contributed by atoms with Crippen LogP contribution in [0.15, 0.2) is 0 Å². The third-order valence-electron chi connectivity index (χ3n) is 2.57. The van der Waals surface area contributed by atoms with Gasteiger partial charge in [-0.2, -0.15) is 0 Å². The van der Waals surface area contributed by atoms with Crippen molar-refractivity contribution in [3.63, 3.8) is 0 Å². The lowest BCUT2D eigenvalue weighted by Gasteiger charge is -2.14. The molecule has 0 aliphatic carbocycles. The zero-order valence-corrected chi connectivity index (χ0v) is 11.4. The summed E-state index contributed by atoms with van der Waals surface area (Å²) < 4.78 is 10.3. The highest BCUT2D eigenvalue weighted by molar-refractivity contribution is 4.61. The van der Waals surface area contributed by atoms with Crippen molar-refractivity contribution in [2.24, 2.45) is 5.92 Å². The van der Waals surface area contributed by atoms with Gasteiger partial charge in [-0.05, 0) is 38.6 Å². The molecule has 0 fully saturated rings. The van der Waals surface area contributed by atoms with E-state index < -0.39 is 0 Å². The van der Waals surface area contributed by atoms with Crippen LogP contribution in [-0.2, 0) is 9.47 Å². The van der Waals surface area contributed by atoms with E-state index in [0.717, 1.165) is 25.5 Å². The minimum absolute atomic E-state index is 0.626. The molecule has 1 atom stereocenters. The lowest BCUT2D eigenvalue weighted by atomic mass is 10.0. The van der Waals surface area contributed by atoms with Gasteiger partial charge in [0, 0.05) is 19.8 Å². The Morgan fingerprint density at radius 2 is 1.75 bits per heavy atom. The van der Waals surface area contributed by atoms with Gasteiger partial charge in [-0.25, -0.2) is 0 Å². The Kier molecular flexibility index (Phi) is 11.3. The number of methoxy groups -OCH3 is 1. The highest BCUT2D eigenvalue weighted by atomic mass is 16.5. The number of ether oxygens (including phenoxy) is 2. The first-order chi connectivity index (χ1) is 7.66. The van der Waals surface area contributed by atoms with Crippen LogP contribution in [0.4, 0.5) is 0 Å². The average molecular weight is 231 g/mol. The summed E-state index contributed by atoms with van der Waals surface area (Å²) in [5.41, 5.74) is 0. The van der Waals surface area contributed by atoms with E-state index in [2.05, 4.69) is 26.1 Å². The molecule has 0 heterocycles. The Balaban J connectivity index is 3.12. The van der Waals surface area contributed by atoms with Gasteiger partial charge in [-0.3, -0.25) is 0 Å². The van der Waals surface area contributed by atoms with Crippen LogP contribution in [0.3, 0.4) is 0 Å². The smallest absolute Gasteiger partial charge is 0.0700 e. The molecule has 0 aromatic heterocycles. The minimum atomic E-state index is 0.626. The fraction of sp³-hybridized carbons (Fsp3) is 1.00. The summed E-state index contributed by atoms with van der Waals surface area (Å²) in [6.45, 7) is 10.1. The Bertz CT molecular complexity index is 140. The zero-order chi connectivity index (χ0) is 12.2. The molecule has 0 aromatic carbocycles. The van der Waals surface area contributed by atoms with Gasteiger partial charge >= 0.3 is 0 Å². The molecule has 3 heteroatoms. The maximum Gasteiger partial charge on any atom is 0.0700 e. The average Bonchev–Trinajstić information content (AvgIpc) is 2.25. The summed E-state index contributed by atoms with van der Waals surface area (Å²) in [5, 5.41) is 3.52. The van der Waals surface area contributed by atoms with E-state index in [1.165, 1.54) is 12.8 Å². The van der Waals surface area contributed by atoms with Gasteiger partial charge in [0.15, 0.2) is 0 Å². The van der Waals surface area contributed by atoms with E-state index in [-0.39, 0.29) is 0 Å². The van der Waals surface area contributed by atoms with Crippen molar-refractivity contribution in [1.29, 1.82) is 0 Å². The van der Waals surface area contributed by atoms with Crippen LogP contribution in [0.2, 0.25) is 0 Å². The van der Waals surface area contributed by atoms with Crippen LogP contribution >= 0.6 is 0 Å². The van der Waals surface area contributed by atoms with E-state index in [9.17, 15) is 0 Å². The molecule has 3 nitrogen and oxygen atoms in total. The second-order valence-electron chi connectivity index (χ2n) is 4.79. The Hall–Kier alpha value is -0.120. The lowest BCUT2D eigenvalue weighted by Crippen LogP contribution is -2.28. The van der Waals surface area contributed by atoms with Crippen LogP contribution < -0.4 is 5.32 Å². The first-order valence-corrected chi connectivity index (χ1v) is 6.47. The first kappa shape index (κ1) is 15.9. The zero-order valence-electron chi connectivity index (χ0n) is 11.4. The van der Waals surface area contributed by atoms with Crippen molar-refractivity contribution >= 4 is 0 Å². The molecule has 0 saturated heterocycles. The molecule has 98 valence electrons. The summed E-state index contributed by atoms with van der Waals surface area (Å²) in [5.74, 6) is 0.807. The van der Waals surface area contributed by atoms with Gasteiger partial charge in [0.2, 0.25) is 0 Å². The van der Waals surface area contributed by atoms with Crippen molar-refractivity contribution in [2.75, 3.05) is 33.5 Å². The molecule has 0 aromatic rings. The fourth-order valence-corrected chi connectivity index (χ4v) is 1.45. The standard InChI is InChI=1S/C13H29NO2/c1-12(2)6-7-13(3)14-8-5-9-16-11-10-15-4/h12-14H,5-11H2,1-4H3. The van der Waals surface area contributed by atoms with Crippen LogP contribution in [0, 0.1) is 5.92 Å². The monoisotopic (exact) mass is 231 g/mol. The number of hydrogen-bond acceptors (Lipinski definition) is 3. The van der Waals surface area contributed by atoms with Crippen molar-refractivity contribution in [1.82, 2.24) is 5.32 Å². The summed E-state index contributed by atoms with van der Waals surface area (Å²) in [4.78, 5) is 0. The highest BCUT2D eigenvalue weighted by Crippen LogP contribution is 2.06. The lowest BCUT2D eigenvalue weighted by molar-refractivity contribution is 0.0692. The Labute approximate surface area is 101 Å². The molecule has 0 spiro atoms. The number of nitrogens with one attached hydrogen (secondary N) is 1. The molecule has 1 N–H and O–H groups in total. The van der Waals surface area contributed by atoms with Gasteiger partial charge in [-0.1, -0.05) is 13.8 Å². The number of hydrogen-bond donors (Lipinski definition) is 1. The van der Waals surface area contributed by atoms with Gasteiger partial charge in [0.1, 0.15) is 0 Å². The van der Waals surface area contributed by atoms with Crippen molar-refractivity contribution in [3.05, 3.63) is 0 Å². The molecule has 0 rings (SSSR count). The van der Waals surface area contributed by atoms with E-state index in [4.69, 9.17) is 9.47 Å². The molecule has 16 heavy (non-hydrogen) atoms. The van der Waals surface area contributed by atoms with Crippen molar-refractivity contribution in [2.45, 2.75) is 46.1 Å². The molecule has 0 amide bonds. The highest BCUT2D eigenvalue weighted by Gasteiger charge is 2.02. The Morgan fingerprint density at radius 3 is 2.38 bits per heavy atom. The minimum Gasteiger partial charge on any atom is -0.382 e.